The summed E-state index contributed by atoms with van der Waals surface area (Å²) in [6.07, 6.45) is 1.50. The molecule has 0 spiro atoms. The smallest absolute Gasteiger partial charge is 0.345 e. The number of carbonyl (C=O) groups excluding carboxylic acids is 1. The summed E-state index contributed by atoms with van der Waals surface area (Å²) in [6, 6.07) is 15.1. The summed E-state index contributed by atoms with van der Waals surface area (Å²) in [5.74, 6) is -0.460. The van der Waals surface area contributed by atoms with Crippen molar-refractivity contribution >= 4 is 58.4 Å². The number of halogens is 3. The van der Waals surface area contributed by atoms with E-state index in [2.05, 4.69) is 15.8 Å². The van der Waals surface area contributed by atoms with E-state index >= 15 is 0 Å². The van der Waals surface area contributed by atoms with Gasteiger partial charge in [-0.05, 0) is 78.4 Å². The first-order chi connectivity index (χ1) is 15.4. The highest BCUT2D eigenvalue weighted by Crippen LogP contribution is 2.30. The number of thiocarbonyl (C=S) groups is 1. The Morgan fingerprint density at radius 2 is 1.81 bits per heavy atom. The van der Waals surface area contributed by atoms with Gasteiger partial charge >= 0.3 is 5.97 Å². The van der Waals surface area contributed by atoms with E-state index in [0.717, 1.165) is 0 Å². The number of hydrogen-bond donors (Lipinski definition) is 2. The van der Waals surface area contributed by atoms with Crippen molar-refractivity contribution in [3.63, 3.8) is 0 Å². The number of benzene rings is 3. The summed E-state index contributed by atoms with van der Waals surface area (Å²) in [4.78, 5) is 12.4. The summed E-state index contributed by atoms with van der Waals surface area (Å²) < 4.78 is 23.7. The number of carbonyl (C=O) groups is 1. The lowest BCUT2D eigenvalue weighted by Gasteiger charge is -2.11. The van der Waals surface area contributed by atoms with E-state index in [1.54, 1.807) is 36.4 Å². The Bertz CT molecular complexity index is 1170. The monoisotopic (exact) mass is 491 g/mol. The molecule has 6 nitrogen and oxygen atoms in total. The average molecular weight is 492 g/mol. The first-order valence-corrected chi connectivity index (χ1v) is 10.2. The van der Waals surface area contributed by atoms with E-state index in [1.165, 1.54) is 37.6 Å². The first-order valence-electron chi connectivity index (χ1n) is 9.06. The molecule has 10 heteroatoms. The second-order valence-electron chi connectivity index (χ2n) is 6.26. The number of methoxy groups -OCH3 is 1. The molecule has 0 amide bonds. The first kappa shape index (κ1) is 23.5. The molecule has 2 N–H and O–H groups in total. The number of hydrazone groups is 1. The van der Waals surface area contributed by atoms with Gasteiger partial charge in [0.15, 0.2) is 16.6 Å². The van der Waals surface area contributed by atoms with Crippen molar-refractivity contribution in [1.29, 1.82) is 0 Å². The normalized spacial score (nSPS) is 10.6. The lowest BCUT2D eigenvalue weighted by Crippen LogP contribution is -2.23. The highest BCUT2D eigenvalue weighted by Gasteiger charge is 2.16. The van der Waals surface area contributed by atoms with Crippen molar-refractivity contribution in [3.05, 3.63) is 87.7 Å². The standard InChI is InChI=1S/C22H16Cl2FN3O3S/c1-30-20-10-13(12-26-28-22(32)27-16-6-4-15(25)5-7-16)2-9-19(20)31-21(29)17-8-3-14(23)11-18(17)24/h2-12H,1H3,(H2,27,28,32)/b26-12-. The molecule has 0 aliphatic carbocycles. The highest BCUT2D eigenvalue weighted by atomic mass is 35.5. The maximum absolute atomic E-state index is 12.9. The lowest BCUT2D eigenvalue weighted by molar-refractivity contribution is 0.0730. The van der Waals surface area contributed by atoms with E-state index in [4.69, 9.17) is 44.9 Å². The Labute approximate surface area is 198 Å². The van der Waals surface area contributed by atoms with Crippen LogP contribution >= 0.6 is 35.4 Å². The molecule has 0 saturated carbocycles. The third-order valence-electron chi connectivity index (χ3n) is 4.02. The lowest BCUT2D eigenvalue weighted by atomic mass is 10.2. The Morgan fingerprint density at radius 1 is 1.06 bits per heavy atom. The molecule has 0 unspecified atom stereocenters. The van der Waals surface area contributed by atoms with Crippen LogP contribution in [0.2, 0.25) is 10.0 Å². The van der Waals surface area contributed by atoms with E-state index in [0.29, 0.717) is 22.0 Å². The Morgan fingerprint density at radius 3 is 2.50 bits per heavy atom. The van der Waals surface area contributed by atoms with Crippen molar-refractivity contribution in [2.24, 2.45) is 5.10 Å². The minimum atomic E-state index is -0.648. The molecule has 3 aromatic rings. The van der Waals surface area contributed by atoms with E-state index in [-0.39, 0.29) is 27.3 Å². The second kappa shape index (κ2) is 10.9. The Hall–Kier alpha value is -3.20. The number of rotatable bonds is 6. The van der Waals surface area contributed by atoms with Gasteiger partial charge in [-0.3, -0.25) is 5.43 Å². The van der Waals surface area contributed by atoms with E-state index < -0.39 is 5.97 Å². The van der Waals surface area contributed by atoms with Crippen molar-refractivity contribution < 1.29 is 18.7 Å². The van der Waals surface area contributed by atoms with Gasteiger partial charge in [-0.25, -0.2) is 9.18 Å². The summed E-state index contributed by atoms with van der Waals surface area (Å²) in [5, 5.41) is 7.73. The zero-order valence-electron chi connectivity index (χ0n) is 16.6. The fraction of sp³-hybridized carbons (Fsp3) is 0.0455. The van der Waals surface area contributed by atoms with Gasteiger partial charge in [-0.1, -0.05) is 23.2 Å². The van der Waals surface area contributed by atoms with Crippen LogP contribution in [0.3, 0.4) is 0 Å². The molecule has 0 aliphatic heterocycles. The van der Waals surface area contributed by atoms with Gasteiger partial charge in [-0.15, -0.1) is 0 Å². The van der Waals surface area contributed by atoms with Gasteiger partial charge in [0.25, 0.3) is 0 Å². The molecule has 0 bridgehead atoms. The third kappa shape index (κ3) is 6.40. The van der Waals surface area contributed by atoms with Crippen molar-refractivity contribution in [3.8, 4) is 11.5 Å². The molecule has 0 aromatic heterocycles. The fourth-order valence-corrected chi connectivity index (χ4v) is 3.17. The maximum Gasteiger partial charge on any atom is 0.345 e. The molecule has 3 rings (SSSR count). The van der Waals surface area contributed by atoms with Crippen LogP contribution in [-0.4, -0.2) is 24.4 Å². The summed E-state index contributed by atoms with van der Waals surface area (Å²) in [6.45, 7) is 0. The van der Waals surface area contributed by atoms with Crippen LogP contribution in [0, 0.1) is 5.82 Å². The fourth-order valence-electron chi connectivity index (χ4n) is 2.52. The molecule has 0 saturated heterocycles. The van der Waals surface area contributed by atoms with Gasteiger partial charge in [0, 0.05) is 10.7 Å². The molecular weight excluding hydrogens is 476 g/mol. The third-order valence-corrected chi connectivity index (χ3v) is 4.76. The number of esters is 1. The second-order valence-corrected chi connectivity index (χ2v) is 7.51. The zero-order valence-corrected chi connectivity index (χ0v) is 18.9. The average Bonchev–Trinajstić information content (AvgIpc) is 2.76. The predicted molar refractivity (Wildman–Crippen MR) is 128 cm³/mol. The zero-order chi connectivity index (χ0) is 23.1. The summed E-state index contributed by atoms with van der Waals surface area (Å²) in [5.41, 5.74) is 4.11. The largest absolute Gasteiger partial charge is 0.493 e. The van der Waals surface area contributed by atoms with Crippen LogP contribution in [0.1, 0.15) is 15.9 Å². The molecule has 0 aliphatic rings. The van der Waals surface area contributed by atoms with Crippen LogP contribution in [0.15, 0.2) is 65.8 Å². The molecule has 0 fully saturated rings. The topological polar surface area (TPSA) is 71.9 Å². The molecule has 0 heterocycles. The van der Waals surface area contributed by atoms with Crippen LogP contribution in [0.5, 0.6) is 11.5 Å². The van der Waals surface area contributed by atoms with Gasteiger partial charge in [0.2, 0.25) is 0 Å². The van der Waals surface area contributed by atoms with Gasteiger partial charge < -0.3 is 14.8 Å². The number of ether oxygens (including phenoxy) is 2. The number of hydrogen-bond acceptors (Lipinski definition) is 5. The highest BCUT2D eigenvalue weighted by molar-refractivity contribution is 7.80. The Balaban J connectivity index is 1.63. The molecular formula is C22H16Cl2FN3O3S. The number of nitrogens with zero attached hydrogens (tertiary/aromatic N) is 1. The Kier molecular flexibility index (Phi) is 7.99. The minimum Gasteiger partial charge on any atom is -0.493 e. The van der Waals surface area contributed by atoms with E-state index in [9.17, 15) is 9.18 Å². The minimum absolute atomic E-state index is 0.176. The van der Waals surface area contributed by atoms with Crippen molar-refractivity contribution in [2.45, 2.75) is 0 Å². The summed E-state index contributed by atoms with van der Waals surface area (Å²) >= 11 is 17.0. The number of nitrogens with one attached hydrogen (secondary N) is 2. The van der Waals surface area contributed by atoms with Gasteiger partial charge in [-0.2, -0.15) is 5.10 Å². The van der Waals surface area contributed by atoms with Crippen LogP contribution in [0.25, 0.3) is 0 Å². The molecule has 32 heavy (non-hydrogen) atoms. The SMILES string of the molecule is COc1cc(/C=N\NC(=S)Nc2ccc(F)cc2)ccc1OC(=O)c1ccc(Cl)cc1Cl. The number of anilines is 1. The molecule has 0 radical (unpaired) electrons. The van der Waals surface area contributed by atoms with Crippen molar-refractivity contribution in [1.82, 2.24) is 5.43 Å². The molecule has 3 aromatic carbocycles. The maximum atomic E-state index is 12.9. The molecule has 164 valence electrons. The molecule has 0 atom stereocenters. The van der Waals surface area contributed by atoms with Crippen LogP contribution in [0.4, 0.5) is 10.1 Å². The quantitative estimate of drug-likeness (QED) is 0.152. The predicted octanol–water partition coefficient (Wildman–Crippen LogP) is 5.68. The van der Waals surface area contributed by atoms with Gasteiger partial charge in [0.05, 0.1) is 23.9 Å². The van der Waals surface area contributed by atoms with Crippen LogP contribution < -0.4 is 20.2 Å². The summed E-state index contributed by atoms with van der Waals surface area (Å²) in [7, 11) is 1.45. The van der Waals surface area contributed by atoms with Crippen molar-refractivity contribution in [2.75, 3.05) is 12.4 Å². The van der Waals surface area contributed by atoms with E-state index in [1.807, 2.05) is 0 Å². The van der Waals surface area contributed by atoms with Crippen LogP contribution in [-0.2, 0) is 0 Å². The van der Waals surface area contributed by atoms with Gasteiger partial charge in [0.1, 0.15) is 5.82 Å².